The summed E-state index contributed by atoms with van der Waals surface area (Å²) >= 11 is 0. The number of carboxylic acid groups (broad SMARTS) is 2. The molecule has 10 heteroatoms. The summed E-state index contributed by atoms with van der Waals surface area (Å²) in [4.78, 5) is 47.1. The maximum Gasteiger partial charge on any atom is 0.303 e. The predicted octanol–water partition coefficient (Wildman–Crippen LogP) is 2.36. The Hall–Kier alpha value is -4.08. The van der Waals surface area contributed by atoms with E-state index in [-0.39, 0.29) is 84.1 Å². The number of aliphatic carboxylic acids is 2. The van der Waals surface area contributed by atoms with Gasteiger partial charge in [-0.05, 0) is 37.1 Å². The van der Waals surface area contributed by atoms with Crippen LogP contribution < -0.4 is 9.47 Å². The molecule has 0 saturated heterocycles. The lowest BCUT2D eigenvalue weighted by Crippen LogP contribution is -2.21. The minimum absolute atomic E-state index is 0.0132. The quantitative estimate of drug-likeness (QED) is 0.341. The molecule has 0 fully saturated rings. The molecule has 168 valence electrons. The van der Waals surface area contributed by atoms with E-state index in [4.69, 9.17) is 19.7 Å². The highest BCUT2D eigenvalue weighted by Gasteiger charge is 2.32. The summed E-state index contributed by atoms with van der Waals surface area (Å²) < 4.78 is 10.7. The molecule has 1 aliphatic carbocycles. The second-order valence-corrected chi connectivity index (χ2v) is 7.08. The Labute approximate surface area is 181 Å². The molecule has 2 aromatic rings. The highest BCUT2D eigenvalue weighted by molar-refractivity contribution is 6.29. The number of benzene rings is 2. The Balaban J connectivity index is 1.84. The minimum atomic E-state index is -0.995. The molecule has 0 atom stereocenters. The van der Waals surface area contributed by atoms with Crippen molar-refractivity contribution >= 4 is 23.5 Å². The first-order valence-electron chi connectivity index (χ1n) is 9.71. The van der Waals surface area contributed by atoms with Crippen molar-refractivity contribution in [2.24, 2.45) is 0 Å². The van der Waals surface area contributed by atoms with Crippen molar-refractivity contribution in [3.05, 3.63) is 46.5 Å². The van der Waals surface area contributed by atoms with Crippen molar-refractivity contribution in [1.82, 2.24) is 0 Å². The van der Waals surface area contributed by atoms with Crippen molar-refractivity contribution in [3.63, 3.8) is 0 Å². The number of carbonyl (C=O) groups is 4. The molecule has 32 heavy (non-hydrogen) atoms. The lowest BCUT2D eigenvalue weighted by atomic mass is 9.83. The van der Waals surface area contributed by atoms with Gasteiger partial charge >= 0.3 is 11.9 Å². The van der Waals surface area contributed by atoms with E-state index < -0.39 is 23.5 Å². The summed E-state index contributed by atoms with van der Waals surface area (Å²) in [6, 6.07) is 4.63. The molecule has 0 radical (unpaired) electrons. The zero-order chi connectivity index (χ0) is 23.4. The third kappa shape index (κ3) is 4.80. The molecule has 4 N–H and O–H groups in total. The van der Waals surface area contributed by atoms with Gasteiger partial charge in [-0.15, -0.1) is 0 Å². The first kappa shape index (κ1) is 22.6. The zero-order valence-electron chi connectivity index (χ0n) is 16.8. The first-order valence-corrected chi connectivity index (χ1v) is 9.71. The van der Waals surface area contributed by atoms with Crippen LogP contribution in [0.1, 0.15) is 57.5 Å². The molecule has 2 aromatic carbocycles. The van der Waals surface area contributed by atoms with E-state index >= 15 is 0 Å². The van der Waals surface area contributed by atoms with Gasteiger partial charge in [0.15, 0.2) is 34.6 Å². The molecule has 0 aliphatic heterocycles. The van der Waals surface area contributed by atoms with E-state index in [1.54, 1.807) is 0 Å². The number of carbonyl (C=O) groups excluding carboxylic acids is 2. The van der Waals surface area contributed by atoms with Crippen LogP contribution in [-0.4, -0.2) is 57.1 Å². The van der Waals surface area contributed by atoms with Crippen molar-refractivity contribution in [1.29, 1.82) is 0 Å². The molecule has 0 bridgehead atoms. The second kappa shape index (κ2) is 9.38. The van der Waals surface area contributed by atoms with Gasteiger partial charge < -0.3 is 29.9 Å². The molecule has 10 nitrogen and oxygen atoms in total. The fourth-order valence-corrected chi connectivity index (χ4v) is 3.22. The van der Waals surface area contributed by atoms with Crippen LogP contribution in [0.3, 0.4) is 0 Å². The van der Waals surface area contributed by atoms with Crippen molar-refractivity contribution in [3.8, 4) is 23.0 Å². The second-order valence-electron chi connectivity index (χ2n) is 7.08. The molecule has 0 unspecified atom stereocenters. The lowest BCUT2D eigenvalue weighted by molar-refractivity contribution is -0.138. The van der Waals surface area contributed by atoms with Gasteiger partial charge in [0.2, 0.25) is 0 Å². The van der Waals surface area contributed by atoms with Gasteiger partial charge in [0.25, 0.3) is 0 Å². The molecule has 0 amide bonds. The van der Waals surface area contributed by atoms with Crippen molar-refractivity contribution < 1.29 is 49.1 Å². The Morgan fingerprint density at radius 3 is 1.34 bits per heavy atom. The summed E-state index contributed by atoms with van der Waals surface area (Å²) in [5.74, 6) is -4.03. The van der Waals surface area contributed by atoms with Crippen LogP contribution in [0, 0.1) is 0 Å². The van der Waals surface area contributed by atoms with E-state index in [2.05, 4.69) is 0 Å². The average Bonchev–Trinajstić information content (AvgIpc) is 2.73. The fourth-order valence-electron chi connectivity index (χ4n) is 3.22. The van der Waals surface area contributed by atoms with Gasteiger partial charge in [0.1, 0.15) is 0 Å². The lowest BCUT2D eigenvalue weighted by Gasteiger charge is -2.20. The van der Waals surface area contributed by atoms with E-state index in [0.717, 1.165) is 12.1 Å². The molecule has 1 aliphatic rings. The average molecular weight is 444 g/mol. The molecule has 0 spiro atoms. The van der Waals surface area contributed by atoms with Crippen LogP contribution in [0.15, 0.2) is 24.3 Å². The highest BCUT2D eigenvalue weighted by Crippen LogP contribution is 2.39. The topological polar surface area (TPSA) is 168 Å². The van der Waals surface area contributed by atoms with E-state index in [9.17, 15) is 29.4 Å². The number of rotatable bonds is 10. The van der Waals surface area contributed by atoms with Crippen LogP contribution in [0.25, 0.3) is 0 Å². The number of ether oxygens (including phenoxy) is 2. The van der Waals surface area contributed by atoms with Gasteiger partial charge in [-0.3, -0.25) is 19.2 Å². The van der Waals surface area contributed by atoms with Gasteiger partial charge in [-0.2, -0.15) is 0 Å². The molecule has 3 rings (SSSR count). The van der Waals surface area contributed by atoms with Crippen molar-refractivity contribution in [2.45, 2.75) is 25.7 Å². The first-order chi connectivity index (χ1) is 15.2. The number of hydrogen-bond acceptors (Lipinski definition) is 8. The van der Waals surface area contributed by atoms with Gasteiger partial charge in [0.05, 0.1) is 13.2 Å². The van der Waals surface area contributed by atoms with Crippen LogP contribution >= 0.6 is 0 Å². The number of carboxylic acids is 2. The van der Waals surface area contributed by atoms with Gasteiger partial charge in [-0.25, -0.2) is 0 Å². The third-order valence-corrected chi connectivity index (χ3v) is 4.76. The fraction of sp³-hybridized carbons (Fsp3) is 0.273. The van der Waals surface area contributed by atoms with Crippen molar-refractivity contribution in [2.75, 3.05) is 13.2 Å². The van der Waals surface area contributed by atoms with E-state index in [1.807, 2.05) is 0 Å². The predicted molar refractivity (Wildman–Crippen MR) is 108 cm³/mol. The Morgan fingerprint density at radius 2 is 1.00 bits per heavy atom. The molecule has 0 aromatic heterocycles. The molecular formula is C22H20O10. The van der Waals surface area contributed by atoms with Crippen LogP contribution in [-0.2, 0) is 9.59 Å². The Bertz CT molecular complexity index is 1010. The molecular weight excluding hydrogens is 424 g/mol. The standard InChI is InChI=1S/C22H20O10/c23-15-7-11-13(9-17(15)31-5-1-3-19(25)26)21(29)12-8-16(24)18(10-14(12)22(11)30)32-6-2-4-20(27)28/h7-10,23-24H,1-6H2,(H,25,26)(H,27,28). The van der Waals surface area contributed by atoms with E-state index in [0.29, 0.717) is 0 Å². The number of hydrogen-bond donors (Lipinski definition) is 4. The number of ketones is 2. The Kier molecular flexibility index (Phi) is 6.62. The highest BCUT2D eigenvalue weighted by atomic mass is 16.5. The summed E-state index contributed by atoms with van der Waals surface area (Å²) in [5.41, 5.74) is -0.160. The maximum atomic E-state index is 13.0. The van der Waals surface area contributed by atoms with Crippen LogP contribution in [0.2, 0.25) is 0 Å². The SMILES string of the molecule is O=C(O)CCCOc1cc2c(cc1O)C(=O)c1cc(OCCCC(=O)O)c(O)cc1C2=O. The Morgan fingerprint density at radius 1 is 0.656 bits per heavy atom. The summed E-state index contributed by atoms with van der Waals surface area (Å²) in [6.07, 6.45) is 0.113. The largest absolute Gasteiger partial charge is 0.504 e. The third-order valence-electron chi connectivity index (χ3n) is 4.76. The van der Waals surface area contributed by atoms with Gasteiger partial charge in [0, 0.05) is 35.1 Å². The zero-order valence-corrected chi connectivity index (χ0v) is 16.8. The van der Waals surface area contributed by atoms with Crippen LogP contribution in [0.5, 0.6) is 23.0 Å². The summed E-state index contributed by atoms with van der Waals surface area (Å²) in [7, 11) is 0. The van der Waals surface area contributed by atoms with E-state index in [1.165, 1.54) is 12.1 Å². The van der Waals surface area contributed by atoms with Crippen LogP contribution in [0.4, 0.5) is 0 Å². The minimum Gasteiger partial charge on any atom is -0.504 e. The number of phenolic OH excluding ortho intramolecular Hbond substituents is 2. The summed E-state index contributed by atoms with van der Waals surface area (Å²) in [5, 5.41) is 37.7. The number of fused-ring (bicyclic) bond motifs is 2. The smallest absolute Gasteiger partial charge is 0.303 e. The molecule has 0 heterocycles. The summed E-state index contributed by atoms with van der Waals surface area (Å²) in [6.45, 7) is -0.0263. The monoisotopic (exact) mass is 444 g/mol. The molecule has 0 saturated carbocycles. The van der Waals surface area contributed by atoms with Gasteiger partial charge in [-0.1, -0.05) is 0 Å². The maximum absolute atomic E-state index is 13.0. The number of phenols is 2. The number of aromatic hydroxyl groups is 2. The normalized spacial score (nSPS) is 12.1.